The molecule has 0 saturated carbocycles. The SMILES string of the molecule is O=Cc1ccc2nc3c(cc2c1)COc1ccccc1-3. The van der Waals surface area contributed by atoms with Crippen LogP contribution in [0.4, 0.5) is 0 Å². The number of para-hydroxylation sites is 1. The summed E-state index contributed by atoms with van der Waals surface area (Å²) in [5.41, 5.74) is 4.61. The Balaban J connectivity index is 2.00. The van der Waals surface area contributed by atoms with E-state index < -0.39 is 0 Å². The Labute approximate surface area is 115 Å². The van der Waals surface area contributed by atoms with E-state index in [0.717, 1.165) is 39.8 Å². The van der Waals surface area contributed by atoms with E-state index in [1.54, 1.807) is 6.07 Å². The van der Waals surface area contributed by atoms with E-state index in [0.29, 0.717) is 12.2 Å². The molecule has 1 aliphatic rings. The highest BCUT2D eigenvalue weighted by molar-refractivity contribution is 5.89. The van der Waals surface area contributed by atoms with E-state index in [1.165, 1.54) is 0 Å². The first-order valence-electron chi connectivity index (χ1n) is 6.46. The molecule has 0 radical (unpaired) electrons. The maximum Gasteiger partial charge on any atom is 0.150 e. The minimum Gasteiger partial charge on any atom is -0.488 e. The minimum absolute atomic E-state index is 0.514. The van der Waals surface area contributed by atoms with E-state index in [-0.39, 0.29) is 0 Å². The Morgan fingerprint density at radius 1 is 1.10 bits per heavy atom. The van der Waals surface area contributed by atoms with E-state index in [4.69, 9.17) is 9.72 Å². The highest BCUT2D eigenvalue weighted by Crippen LogP contribution is 2.37. The third kappa shape index (κ3) is 1.60. The Hall–Kier alpha value is -2.68. The maximum atomic E-state index is 10.9. The third-order valence-corrected chi connectivity index (χ3v) is 3.58. The summed E-state index contributed by atoms with van der Waals surface area (Å²) in [5, 5.41) is 0.969. The van der Waals surface area contributed by atoms with Crippen molar-refractivity contribution in [2.24, 2.45) is 0 Å². The van der Waals surface area contributed by atoms with Crippen molar-refractivity contribution in [2.75, 3.05) is 0 Å². The van der Waals surface area contributed by atoms with Crippen molar-refractivity contribution in [1.29, 1.82) is 0 Å². The quantitative estimate of drug-likeness (QED) is 0.628. The first-order valence-corrected chi connectivity index (χ1v) is 6.46. The summed E-state index contributed by atoms with van der Waals surface area (Å²) in [7, 11) is 0. The number of ether oxygens (including phenoxy) is 1. The molecule has 3 nitrogen and oxygen atoms in total. The van der Waals surface area contributed by atoms with Crippen LogP contribution in [-0.2, 0) is 6.61 Å². The summed E-state index contributed by atoms with van der Waals surface area (Å²) in [6.07, 6.45) is 0.852. The minimum atomic E-state index is 0.514. The highest BCUT2D eigenvalue weighted by Gasteiger charge is 2.18. The van der Waals surface area contributed by atoms with Gasteiger partial charge in [0.05, 0.1) is 11.2 Å². The number of carbonyl (C=O) groups is 1. The molecule has 0 amide bonds. The van der Waals surface area contributed by atoms with Crippen LogP contribution >= 0.6 is 0 Å². The summed E-state index contributed by atoms with van der Waals surface area (Å²) < 4.78 is 5.75. The van der Waals surface area contributed by atoms with Crippen molar-refractivity contribution in [3.05, 3.63) is 59.7 Å². The lowest BCUT2D eigenvalue weighted by atomic mass is 10.0. The van der Waals surface area contributed by atoms with Gasteiger partial charge in [0, 0.05) is 22.1 Å². The molecular formula is C17H11NO2. The van der Waals surface area contributed by atoms with Crippen LogP contribution in [0.3, 0.4) is 0 Å². The zero-order valence-electron chi connectivity index (χ0n) is 10.7. The molecule has 2 aromatic carbocycles. The van der Waals surface area contributed by atoms with Gasteiger partial charge in [-0.05, 0) is 36.4 Å². The van der Waals surface area contributed by atoms with Crippen LogP contribution in [-0.4, -0.2) is 11.3 Å². The van der Waals surface area contributed by atoms with Gasteiger partial charge in [0.1, 0.15) is 18.6 Å². The fourth-order valence-corrected chi connectivity index (χ4v) is 2.60. The number of benzene rings is 2. The van der Waals surface area contributed by atoms with Crippen LogP contribution in [0, 0.1) is 0 Å². The average molecular weight is 261 g/mol. The van der Waals surface area contributed by atoms with Crippen LogP contribution in [0.2, 0.25) is 0 Å². The number of aromatic nitrogens is 1. The molecule has 1 aliphatic heterocycles. The van der Waals surface area contributed by atoms with E-state index in [2.05, 4.69) is 6.07 Å². The van der Waals surface area contributed by atoms with Crippen LogP contribution in [0.5, 0.6) is 5.75 Å². The Morgan fingerprint density at radius 2 is 2.00 bits per heavy atom. The van der Waals surface area contributed by atoms with Crippen molar-refractivity contribution in [2.45, 2.75) is 6.61 Å². The smallest absolute Gasteiger partial charge is 0.150 e. The van der Waals surface area contributed by atoms with Crippen molar-refractivity contribution in [1.82, 2.24) is 4.98 Å². The number of fused-ring (bicyclic) bond motifs is 4. The number of nitrogens with zero attached hydrogens (tertiary/aromatic N) is 1. The lowest BCUT2D eigenvalue weighted by Crippen LogP contribution is -2.07. The van der Waals surface area contributed by atoms with Gasteiger partial charge in [0.15, 0.2) is 0 Å². The molecule has 0 fully saturated rings. The molecule has 3 heteroatoms. The fraction of sp³-hybridized carbons (Fsp3) is 0.0588. The van der Waals surface area contributed by atoms with Gasteiger partial charge >= 0.3 is 0 Å². The van der Waals surface area contributed by atoms with E-state index >= 15 is 0 Å². The third-order valence-electron chi connectivity index (χ3n) is 3.58. The second-order valence-electron chi connectivity index (χ2n) is 4.85. The summed E-state index contributed by atoms with van der Waals surface area (Å²) >= 11 is 0. The standard InChI is InChI=1S/C17H11NO2/c19-9-11-5-6-15-12(7-11)8-13-10-20-16-4-2-1-3-14(16)17(13)18-15/h1-9H,10H2. The van der Waals surface area contributed by atoms with Gasteiger partial charge in [-0.1, -0.05) is 12.1 Å². The molecule has 0 bridgehead atoms. The first-order chi connectivity index (χ1) is 9.85. The Bertz CT molecular complexity index is 840. The van der Waals surface area contributed by atoms with Crippen molar-refractivity contribution in [3.8, 4) is 17.0 Å². The summed E-state index contributed by atoms with van der Waals surface area (Å²) in [6, 6.07) is 15.5. The van der Waals surface area contributed by atoms with Gasteiger partial charge in [-0.15, -0.1) is 0 Å². The predicted molar refractivity (Wildman–Crippen MR) is 76.9 cm³/mol. The van der Waals surface area contributed by atoms with Crippen LogP contribution in [0.25, 0.3) is 22.2 Å². The summed E-state index contributed by atoms with van der Waals surface area (Å²) in [4.78, 5) is 15.6. The second-order valence-corrected chi connectivity index (χ2v) is 4.85. The van der Waals surface area contributed by atoms with Gasteiger partial charge < -0.3 is 4.74 Å². The average Bonchev–Trinajstić information content (AvgIpc) is 2.52. The van der Waals surface area contributed by atoms with Crippen LogP contribution < -0.4 is 4.74 Å². The molecule has 0 atom stereocenters. The Kier molecular flexibility index (Phi) is 2.33. The summed E-state index contributed by atoms with van der Waals surface area (Å²) in [5.74, 6) is 0.872. The van der Waals surface area contributed by atoms with Gasteiger partial charge in [-0.2, -0.15) is 0 Å². The van der Waals surface area contributed by atoms with E-state index in [1.807, 2.05) is 36.4 Å². The van der Waals surface area contributed by atoms with Crippen LogP contribution in [0.15, 0.2) is 48.5 Å². The second kappa shape index (κ2) is 4.17. The van der Waals surface area contributed by atoms with Gasteiger partial charge in [-0.25, -0.2) is 4.98 Å². The van der Waals surface area contributed by atoms with Crippen LogP contribution in [0.1, 0.15) is 15.9 Å². The van der Waals surface area contributed by atoms with Crippen molar-refractivity contribution in [3.63, 3.8) is 0 Å². The number of aldehydes is 1. The number of hydrogen-bond donors (Lipinski definition) is 0. The van der Waals surface area contributed by atoms with Crippen molar-refractivity contribution >= 4 is 17.2 Å². The van der Waals surface area contributed by atoms with E-state index in [9.17, 15) is 4.79 Å². The zero-order valence-corrected chi connectivity index (χ0v) is 10.7. The number of rotatable bonds is 1. The molecule has 0 aliphatic carbocycles. The Morgan fingerprint density at radius 3 is 2.90 bits per heavy atom. The number of hydrogen-bond acceptors (Lipinski definition) is 3. The number of carbonyl (C=O) groups excluding carboxylic acids is 1. The lowest BCUT2D eigenvalue weighted by Gasteiger charge is -2.20. The molecule has 0 saturated heterocycles. The molecule has 20 heavy (non-hydrogen) atoms. The molecule has 0 spiro atoms. The maximum absolute atomic E-state index is 10.9. The summed E-state index contributed by atoms with van der Waals surface area (Å²) in [6.45, 7) is 0.514. The molecular weight excluding hydrogens is 250 g/mol. The fourth-order valence-electron chi connectivity index (χ4n) is 2.60. The molecule has 2 heterocycles. The zero-order chi connectivity index (χ0) is 13.5. The monoisotopic (exact) mass is 261 g/mol. The largest absolute Gasteiger partial charge is 0.488 e. The molecule has 1 aromatic heterocycles. The molecule has 0 N–H and O–H groups in total. The predicted octanol–water partition coefficient (Wildman–Crippen LogP) is 3.61. The van der Waals surface area contributed by atoms with Crippen molar-refractivity contribution < 1.29 is 9.53 Å². The van der Waals surface area contributed by atoms with Gasteiger partial charge in [0.2, 0.25) is 0 Å². The van der Waals surface area contributed by atoms with Gasteiger partial charge in [0.25, 0.3) is 0 Å². The first kappa shape index (κ1) is 11.2. The lowest BCUT2D eigenvalue weighted by molar-refractivity contribution is 0.112. The molecule has 96 valence electrons. The molecule has 3 aromatic rings. The van der Waals surface area contributed by atoms with Gasteiger partial charge in [-0.3, -0.25) is 4.79 Å². The molecule has 0 unspecified atom stereocenters. The normalized spacial score (nSPS) is 12.4. The topological polar surface area (TPSA) is 39.2 Å². The number of pyridine rings is 1. The molecule has 4 rings (SSSR count). The highest BCUT2D eigenvalue weighted by atomic mass is 16.5.